The molecule has 0 saturated carbocycles. The lowest BCUT2D eigenvalue weighted by molar-refractivity contribution is -0.917. The Bertz CT molecular complexity index is 745. The van der Waals surface area contributed by atoms with E-state index < -0.39 is 26.7 Å². The normalized spacial score (nSPS) is 18.5. The van der Waals surface area contributed by atoms with Gasteiger partial charge in [0.1, 0.15) is 0 Å². The second-order valence-corrected chi connectivity index (χ2v) is 8.08. The van der Waals surface area contributed by atoms with Gasteiger partial charge in [0.15, 0.2) is 6.04 Å². The second-order valence-electron chi connectivity index (χ2n) is 6.17. The molecule has 1 aromatic rings. The van der Waals surface area contributed by atoms with E-state index in [-0.39, 0.29) is 25.0 Å². The van der Waals surface area contributed by atoms with E-state index in [1.54, 1.807) is 6.92 Å². The van der Waals surface area contributed by atoms with Gasteiger partial charge in [-0.1, -0.05) is 12.1 Å². The van der Waals surface area contributed by atoms with Gasteiger partial charge < -0.3 is 10.2 Å². The average Bonchev–Trinajstić information content (AvgIpc) is 2.60. The van der Waals surface area contributed by atoms with Gasteiger partial charge in [0.05, 0.1) is 36.6 Å². The van der Waals surface area contributed by atoms with Crippen LogP contribution in [0.2, 0.25) is 0 Å². The van der Waals surface area contributed by atoms with Crippen molar-refractivity contribution in [2.45, 2.75) is 31.0 Å². The lowest BCUT2D eigenvalue weighted by Gasteiger charge is -2.34. The first-order valence-electron chi connectivity index (χ1n) is 8.37. The summed E-state index contributed by atoms with van der Waals surface area (Å²) in [7, 11) is -4.26. The standard InChI is InChI=1S/C16H22F3N3O3S/c1-3-20-15(23)12(2)21-8-10-22(11-9-21)26(24,25)14-7-5-4-6-13(14)16(17,18)19/h4-7,12H,3,8-11H2,1-2H3,(H,20,23)/p+1/t12-/m1/s1. The Labute approximate surface area is 151 Å². The number of rotatable bonds is 5. The molecule has 0 unspecified atom stereocenters. The van der Waals surface area contributed by atoms with Gasteiger partial charge in [0.2, 0.25) is 10.0 Å². The summed E-state index contributed by atoms with van der Waals surface area (Å²) in [6.45, 7) is 4.90. The molecular formula is C16H23F3N3O3S+. The molecule has 1 fully saturated rings. The van der Waals surface area contributed by atoms with Crippen LogP contribution in [0.5, 0.6) is 0 Å². The molecule has 0 aliphatic carbocycles. The van der Waals surface area contributed by atoms with Crippen LogP contribution >= 0.6 is 0 Å². The maximum absolute atomic E-state index is 13.1. The van der Waals surface area contributed by atoms with Crippen molar-refractivity contribution in [1.29, 1.82) is 0 Å². The van der Waals surface area contributed by atoms with Gasteiger partial charge in [-0.25, -0.2) is 8.42 Å². The molecule has 1 aromatic carbocycles. The SMILES string of the molecule is CCNC(=O)[C@@H](C)[NH+]1CCN(S(=O)(=O)c2ccccc2C(F)(F)F)CC1. The van der Waals surface area contributed by atoms with Crippen LogP contribution in [-0.4, -0.2) is 57.4 Å². The summed E-state index contributed by atoms with van der Waals surface area (Å²) in [5.74, 6) is -0.124. The minimum Gasteiger partial charge on any atom is -0.351 e. The zero-order valence-electron chi connectivity index (χ0n) is 14.6. The van der Waals surface area contributed by atoms with Crippen molar-refractivity contribution < 1.29 is 31.3 Å². The molecule has 1 heterocycles. The van der Waals surface area contributed by atoms with Crippen LogP contribution in [0.25, 0.3) is 0 Å². The van der Waals surface area contributed by atoms with Crippen LogP contribution < -0.4 is 10.2 Å². The Hall–Kier alpha value is -1.65. The summed E-state index contributed by atoms with van der Waals surface area (Å²) in [5.41, 5.74) is -1.16. The van der Waals surface area contributed by atoms with Crippen molar-refractivity contribution in [3.8, 4) is 0 Å². The molecular weight excluding hydrogens is 371 g/mol. The number of hydrogen-bond donors (Lipinski definition) is 2. The van der Waals surface area contributed by atoms with Gasteiger partial charge in [0, 0.05) is 6.54 Å². The highest BCUT2D eigenvalue weighted by molar-refractivity contribution is 7.89. The van der Waals surface area contributed by atoms with E-state index in [4.69, 9.17) is 0 Å². The van der Waals surface area contributed by atoms with Crippen LogP contribution in [0.4, 0.5) is 13.2 Å². The van der Waals surface area contributed by atoms with E-state index in [1.165, 1.54) is 6.07 Å². The quantitative estimate of drug-likeness (QED) is 0.745. The molecule has 0 radical (unpaired) electrons. The highest BCUT2D eigenvalue weighted by Crippen LogP contribution is 2.35. The molecule has 0 aromatic heterocycles. The minimum absolute atomic E-state index is 0.0631. The van der Waals surface area contributed by atoms with Crippen LogP contribution in [0.3, 0.4) is 0 Å². The van der Waals surface area contributed by atoms with E-state index in [0.29, 0.717) is 19.6 Å². The first-order valence-corrected chi connectivity index (χ1v) is 9.81. The summed E-state index contributed by atoms with van der Waals surface area (Å²) in [6, 6.07) is 3.85. The van der Waals surface area contributed by atoms with Gasteiger partial charge >= 0.3 is 6.18 Å². The Kier molecular flexibility index (Phi) is 6.30. The first-order chi connectivity index (χ1) is 12.1. The van der Waals surface area contributed by atoms with Crippen molar-refractivity contribution in [2.75, 3.05) is 32.7 Å². The van der Waals surface area contributed by atoms with E-state index in [0.717, 1.165) is 27.4 Å². The number of likely N-dealkylation sites (N-methyl/N-ethyl adjacent to an activating group) is 1. The number of quaternary nitrogens is 1. The van der Waals surface area contributed by atoms with Crippen molar-refractivity contribution in [3.05, 3.63) is 29.8 Å². The maximum Gasteiger partial charge on any atom is 0.417 e. The second kappa shape index (κ2) is 7.93. The number of amides is 1. The molecule has 1 aliphatic heterocycles. The van der Waals surface area contributed by atoms with Gasteiger partial charge in [0.25, 0.3) is 5.91 Å². The predicted octanol–water partition coefficient (Wildman–Crippen LogP) is 0.119. The Morgan fingerprint density at radius 1 is 1.27 bits per heavy atom. The molecule has 2 rings (SSSR count). The molecule has 1 atom stereocenters. The zero-order valence-corrected chi connectivity index (χ0v) is 15.5. The van der Waals surface area contributed by atoms with Gasteiger partial charge in [-0.05, 0) is 26.0 Å². The van der Waals surface area contributed by atoms with E-state index in [2.05, 4.69) is 5.32 Å². The fourth-order valence-electron chi connectivity index (χ4n) is 3.02. The van der Waals surface area contributed by atoms with Crippen LogP contribution in [0, 0.1) is 0 Å². The summed E-state index contributed by atoms with van der Waals surface area (Å²) < 4.78 is 65.9. The van der Waals surface area contributed by atoms with E-state index >= 15 is 0 Å². The zero-order chi connectivity index (χ0) is 19.5. The minimum atomic E-state index is -4.75. The molecule has 26 heavy (non-hydrogen) atoms. The number of sulfonamides is 1. The summed E-state index contributed by atoms with van der Waals surface area (Å²) >= 11 is 0. The molecule has 146 valence electrons. The van der Waals surface area contributed by atoms with Gasteiger partial charge in [-0.15, -0.1) is 0 Å². The van der Waals surface area contributed by atoms with Crippen LogP contribution in [-0.2, 0) is 21.0 Å². The van der Waals surface area contributed by atoms with Gasteiger partial charge in [-0.3, -0.25) is 4.79 Å². The van der Waals surface area contributed by atoms with Gasteiger partial charge in [-0.2, -0.15) is 17.5 Å². The number of nitrogens with one attached hydrogen (secondary N) is 2. The topological polar surface area (TPSA) is 70.9 Å². The van der Waals surface area contributed by atoms with Crippen molar-refractivity contribution in [3.63, 3.8) is 0 Å². The third kappa shape index (κ3) is 4.36. The fraction of sp³-hybridized carbons (Fsp3) is 0.562. The predicted molar refractivity (Wildman–Crippen MR) is 89.0 cm³/mol. The molecule has 1 aliphatic rings. The number of carbonyl (C=O) groups excluding carboxylic acids is 1. The Balaban J connectivity index is 2.16. The fourth-order valence-corrected chi connectivity index (χ4v) is 4.68. The van der Waals surface area contributed by atoms with Crippen molar-refractivity contribution in [2.24, 2.45) is 0 Å². The molecule has 0 spiro atoms. The van der Waals surface area contributed by atoms with Crippen LogP contribution in [0.1, 0.15) is 19.4 Å². The third-order valence-electron chi connectivity index (χ3n) is 4.53. The lowest BCUT2D eigenvalue weighted by Crippen LogP contribution is -3.19. The number of piperazine rings is 1. The van der Waals surface area contributed by atoms with Crippen molar-refractivity contribution in [1.82, 2.24) is 9.62 Å². The van der Waals surface area contributed by atoms with E-state index in [9.17, 15) is 26.4 Å². The molecule has 2 N–H and O–H groups in total. The molecule has 6 nitrogen and oxygen atoms in total. The highest BCUT2D eigenvalue weighted by Gasteiger charge is 2.40. The van der Waals surface area contributed by atoms with E-state index in [1.807, 2.05) is 6.92 Å². The maximum atomic E-state index is 13.1. The lowest BCUT2D eigenvalue weighted by atomic mass is 10.2. The summed E-state index contributed by atoms with van der Waals surface area (Å²) in [4.78, 5) is 12.1. The number of halogens is 3. The van der Waals surface area contributed by atoms with Crippen LogP contribution in [0.15, 0.2) is 29.2 Å². The summed E-state index contributed by atoms with van der Waals surface area (Å²) in [6.07, 6.45) is -4.75. The number of carbonyl (C=O) groups is 1. The first kappa shape index (κ1) is 20.7. The highest BCUT2D eigenvalue weighted by atomic mass is 32.2. The molecule has 10 heteroatoms. The summed E-state index contributed by atoms with van der Waals surface area (Å²) in [5, 5.41) is 2.72. The number of alkyl halides is 3. The average molecular weight is 394 g/mol. The number of benzene rings is 1. The van der Waals surface area contributed by atoms with Crippen molar-refractivity contribution >= 4 is 15.9 Å². The number of nitrogens with zero attached hydrogens (tertiary/aromatic N) is 1. The monoisotopic (exact) mass is 394 g/mol. The molecule has 1 amide bonds. The molecule has 1 saturated heterocycles. The number of hydrogen-bond acceptors (Lipinski definition) is 3. The smallest absolute Gasteiger partial charge is 0.351 e. The largest absolute Gasteiger partial charge is 0.417 e. The Morgan fingerprint density at radius 2 is 1.85 bits per heavy atom. The Morgan fingerprint density at radius 3 is 2.38 bits per heavy atom. The molecule has 0 bridgehead atoms. The third-order valence-corrected chi connectivity index (χ3v) is 6.49.